The summed E-state index contributed by atoms with van der Waals surface area (Å²) in [5.41, 5.74) is 4.53. The maximum Gasteiger partial charge on any atom is 0.225 e. The number of rotatable bonds is 4. The van der Waals surface area contributed by atoms with Gasteiger partial charge in [0.2, 0.25) is 11.0 Å². The zero-order valence-electron chi connectivity index (χ0n) is 17.2. The lowest BCUT2D eigenvalue weighted by atomic mass is 10.1. The highest BCUT2D eigenvalue weighted by molar-refractivity contribution is 7.80. The Morgan fingerprint density at radius 3 is 2.73 bits per heavy atom. The predicted octanol–water partition coefficient (Wildman–Crippen LogP) is 3.32. The lowest BCUT2D eigenvalue weighted by Crippen LogP contribution is -3.13. The van der Waals surface area contributed by atoms with Crippen LogP contribution in [0.15, 0.2) is 52.7 Å². The minimum atomic E-state index is 0.105. The number of hydrogen-bond acceptors (Lipinski definition) is 4. The topological polar surface area (TPSA) is 75.6 Å². The van der Waals surface area contributed by atoms with Gasteiger partial charge < -0.3 is 20.1 Å². The number of aromatic hydroxyl groups is 1. The fraction of sp³-hybridized carbons (Fsp3) is 0.318. The molecule has 1 fully saturated rings. The van der Waals surface area contributed by atoms with E-state index >= 15 is 0 Å². The van der Waals surface area contributed by atoms with Crippen molar-refractivity contribution in [1.29, 1.82) is 0 Å². The van der Waals surface area contributed by atoms with Gasteiger partial charge in [0, 0.05) is 11.1 Å². The number of benzene rings is 2. The lowest BCUT2D eigenvalue weighted by Gasteiger charge is -2.24. The molecule has 2 aromatic carbocycles. The van der Waals surface area contributed by atoms with Gasteiger partial charge >= 0.3 is 0 Å². The number of nitrogens with zero attached hydrogens (tertiary/aromatic N) is 3. The molecule has 156 valence electrons. The zero-order chi connectivity index (χ0) is 21.1. The lowest BCUT2D eigenvalue weighted by molar-refractivity contribution is -0.930. The van der Waals surface area contributed by atoms with Gasteiger partial charge in [-0.1, -0.05) is 35.9 Å². The first kappa shape index (κ1) is 20.5. The van der Waals surface area contributed by atoms with Crippen molar-refractivity contribution in [2.45, 2.75) is 20.5 Å². The zero-order valence-corrected chi connectivity index (χ0v) is 18.0. The molecule has 1 aliphatic rings. The van der Waals surface area contributed by atoms with Gasteiger partial charge in [0.25, 0.3) is 0 Å². The fourth-order valence-corrected chi connectivity index (χ4v) is 3.91. The first-order valence-corrected chi connectivity index (χ1v) is 10.5. The Labute approximate surface area is 181 Å². The van der Waals surface area contributed by atoms with Crippen molar-refractivity contribution in [2.75, 3.05) is 31.6 Å². The normalized spacial score (nSPS) is 15.1. The van der Waals surface area contributed by atoms with Gasteiger partial charge in [0.1, 0.15) is 13.1 Å². The Hall–Kier alpha value is -2.81. The van der Waals surface area contributed by atoms with Crippen LogP contribution in [0.5, 0.6) is 5.88 Å². The number of aromatic nitrogens is 1. The van der Waals surface area contributed by atoms with Crippen LogP contribution in [0.2, 0.25) is 0 Å². The van der Waals surface area contributed by atoms with Crippen molar-refractivity contribution in [3.8, 4) is 5.88 Å². The van der Waals surface area contributed by atoms with E-state index < -0.39 is 0 Å². The van der Waals surface area contributed by atoms with Crippen LogP contribution in [0, 0.1) is 13.8 Å². The van der Waals surface area contributed by atoms with Gasteiger partial charge in [-0.15, -0.1) is 10.2 Å². The molecule has 0 bridgehead atoms. The Morgan fingerprint density at radius 1 is 1.20 bits per heavy atom. The molecule has 3 N–H and O–H groups in total. The summed E-state index contributed by atoms with van der Waals surface area (Å²) in [4.78, 5) is 1.35. The molecule has 0 saturated carbocycles. The Bertz CT molecular complexity index is 1100. The molecule has 0 unspecified atom stereocenters. The molecular weight excluding hydrogens is 398 g/mol. The van der Waals surface area contributed by atoms with Crippen LogP contribution >= 0.6 is 12.2 Å². The molecule has 3 aromatic rings. The molecule has 1 aromatic heterocycles. The third-order valence-electron chi connectivity index (χ3n) is 5.36. The number of ether oxygens (including phenoxy) is 1. The van der Waals surface area contributed by atoms with Gasteiger partial charge in [-0.3, -0.25) is 4.57 Å². The number of aryl methyl sites for hydroxylation is 2. The summed E-state index contributed by atoms with van der Waals surface area (Å²) in [5, 5.41) is 23.6. The maximum absolute atomic E-state index is 10.9. The van der Waals surface area contributed by atoms with Crippen LogP contribution in [0.4, 0.5) is 11.4 Å². The monoisotopic (exact) mass is 424 g/mol. The van der Waals surface area contributed by atoms with Crippen molar-refractivity contribution in [2.24, 2.45) is 10.2 Å². The molecule has 1 aliphatic heterocycles. The van der Waals surface area contributed by atoms with Crippen LogP contribution in [-0.4, -0.2) is 41.1 Å². The molecule has 7 nitrogen and oxygen atoms in total. The average Bonchev–Trinajstić information content (AvgIpc) is 3.00. The number of nitrogens with one attached hydrogen (secondary N) is 2. The van der Waals surface area contributed by atoms with Gasteiger partial charge in [0.05, 0.1) is 18.7 Å². The number of para-hydroxylation sites is 1. The Kier molecular flexibility index (Phi) is 6.08. The largest absolute Gasteiger partial charge is 0.493 e. The van der Waals surface area contributed by atoms with Crippen molar-refractivity contribution in [1.82, 2.24) is 4.57 Å². The van der Waals surface area contributed by atoms with E-state index in [-0.39, 0.29) is 11.0 Å². The summed E-state index contributed by atoms with van der Waals surface area (Å²) in [6.07, 6.45) is 0. The number of anilines is 1. The smallest absolute Gasteiger partial charge is 0.225 e. The molecule has 0 aliphatic carbocycles. The van der Waals surface area contributed by atoms with Gasteiger partial charge in [-0.05, 0) is 43.8 Å². The number of thiocarbonyl (C=S) groups is 1. The SMILES string of the molecule is Cc1ccc(NC(=S)N=Nc2c(O)n(C[NH+]3CCOCC3)c3ccccc23)c(C)c1. The summed E-state index contributed by atoms with van der Waals surface area (Å²) < 4.78 is 7.34. The van der Waals surface area contributed by atoms with Crippen LogP contribution in [-0.2, 0) is 11.4 Å². The van der Waals surface area contributed by atoms with Crippen LogP contribution < -0.4 is 10.2 Å². The van der Waals surface area contributed by atoms with Crippen molar-refractivity contribution in [3.63, 3.8) is 0 Å². The second kappa shape index (κ2) is 8.91. The molecule has 0 radical (unpaired) electrons. The molecule has 0 amide bonds. The van der Waals surface area contributed by atoms with E-state index in [4.69, 9.17) is 17.0 Å². The molecule has 0 atom stereocenters. The highest BCUT2D eigenvalue weighted by atomic mass is 32.1. The van der Waals surface area contributed by atoms with E-state index in [9.17, 15) is 5.11 Å². The molecule has 8 heteroatoms. The number of fused-ring (bicyclic) bond motifs is 1. The quantitative estimate of drug-likeness (QED) is 0.444. The van der Waals surface area contributed by atoms with Gasteiger partial charge in [-0.25, -0.2) is 0 Å². The summed E-state index contributed by atoms with van der Waals surface area (Å²) >= 11 is 5.35. The number of quaternary nitrogens is 1. The number of morpholine rings is 1. The van der Waals surface area contributed by atoms with E-state index in [1.807, 2.05) is 54.8 Å². The standard InChI is InChI=1S/C22H25N5O2S/c1-15-7-8-18(16(2)13-15)23-22(30)25-24-20-17-5-3-4-6-19(17)27(21(20)28)14-26-9-11-29-12-10-26/h3-8,13,28H,9-12,14H2,1-2H3,(H,23,30)/p+1. The minimum absolute atomic E-state index is 0.105. The average molecular weight is 425 g/mol. The summed E-state index contributed by atoms with van der Waals surface area (Å²) in [5.74, 6) is 0.105. The van der Waals surface area contributed by atoms with Crippen molar-refractivity contribution < 1.29 is 14.7 Å². The van der Waals surface area contributed by atoms with Crippen molar-refractivity contribution in [3.05, 3.63) is 53.6 Å². The second-order valence-electron chi connectivity index (χ2n) is 7.59. The third-order valence-corrected chi connectivity index (χ3v) is 5.55. The highest BCUT2D eigenvalue weighted by Crippen LogP contribution is 2.38. The van der Waals surface area contributed by atoms with Gasteiger partial charge in [-0.2, -0.15) is 0 Å². The van der Waals surface area contributed by atoms with Gasteiger partial charge in [0.15, 0.2) is 12.4 Å². The molecule has 4 rings (SSSR count). The van der Waals surface area contributed by atoms with E-state index in [1.54, 1.807) is 0 Å². The molecule has 2 heterocycles. The molecule has 1 saturated heterocycles. The number of hydrogen-bond donors (Lipinski definition) is 3. The minimum Gasteiger partial charge on any atom is -0.493 e. The van der Waals surface area contributed by atoms with Crippen LogP contribution in [0.1, 0.15) is 11.1 Å². The first-order chi connectivity index (χ1) is 14.5. The van der Waals surface area contributed by atoms with E-state index in [0.717, 1.165) is 48.5 Å². The Balaban J connectivity index is 1.58. The van der Waals surface area contributed by atoms with Crippen LogP contribution in [0.25, 0.3) is 10.9 Å². The van der Waals surface area contributed by atoms with E-state index in [0.29, 0.717) is 12.4 Å². The first-order valence-electron chi connectivity index (χ1n) is 10.0. The third kappa shape index (κ3) is 4.35. The summed E-state index contributed by atoms with van der Waals surface area (Å²) in [6.45, 7) is 8.00. The summed E-state index contributed by atoms with van der Waals surface area (Å²) in [7, 11) is 0. The number of azo groups is 1. The van der Waals surface area contributed by atoms with E-state index in [2.05, 4.69) is 21.6 Å². The van der Waals surface area contributed by atoms with Crippen LogP contribution in [0.3, 0.4) is 0 Å². The molecule has 30 heavy (non-hydrogen) atoms. The Morgan fingerprint density at radius 2 is 1.97 bits per heavy atom. The van der Waals surface area contributed by atoms with Crippen molar-refractivity contribution >= 4 is 39.6 Å². The van der Waals surface area contributed by atoms with E-state index in [1.165, 1.54) is 10.5 Å². The fourth-order valence-electron chi connectivity index (χ4n) is 3.76. The molecule has 0 spiro atoms. The predicted molar refractivity (Wildman–Crippen MR) is 122 cm³/mol. The highest BCUT2D eigenvalue weighted by Gasteiger charge is 2.21. The second-order valence-corrected chi connectivity index (χ2v) is 7.97. The maximum atomic E-state index is 10.9. The summed E-state index contributed by atoms with van der Waals surface area (Å²) in [6, 6.07) is 13.9. The molecular formula is C22H26N5O2S+.